The van der Waals surface area contributed by atoms with Gasteiger partial charge in [0, 0.05) is 22.7 Å². The summed E-state index contributed by atoms with van der Waals surface area (Å²) >= 11 is 3.49. The maximum absolute atomic E-state index is 13.3. The minimum absolute atomic E-state index is 0.0531. The van der Waals surface area contributed by atoms with Crippen molar-refractivity contribution in [3.63, 3.8) is 0 Å². The van der Waals surface area contributed by atoms with E-state index in [1.807, 2.05) is 49.4 Å². The zero-order chi connectivity index (χ0) is 24.0. The van der Waals surface area contributed by atoms with Crippen LogP contribution in [-0.4, -0.2) is 33.5 Å². The molecule has 0 aromatic heterocycles. The van der Waals surface area contributed by atoms with Gasteiger partial charge in [0.1, 0.15) is 5.75 Å². The van der Waals surface area contributed by atoms with E-state index in [-0.39, 0.29) is 23.5 Å². The molecule has 1 amide bonds. The van der Waals surface area contributed by atoms with Crippen LogP contribution < -0.4 is 13.9 Å². The number of hydrogen-bond acceptors (Lipinski definition) is 4. The van der Waals surface area contributed by atoms with Gasteiger partial charge in [-0.3, -0.25) is 9.10 Å². The third-order valence-electron chi connectivity index (χ3n) is 6.46. The van der Waals surface area contributed by atoms with E-state index in [0.717, 1.165) is 33.4 Å². The van der Waals surface area contributed by atoms with Crippen LogP contribution in [0.25, 0.3) is 0 Å². The predicted octanol–water partition coefficient (Wildman–Crippen LogP) is 4.87. The Hall–Kier alpha value is -2.84. The van der Waals surface area contributed by atoms with Gasteiger partial charge in [0.15, 0.2) is 6.61 Å². The zero-order valence-corrected chi connectivity index (χ0v) is 21.4. The Labute approximate surface area is 208 Å². The number of sulfonamides is 1. The third-order valence-corrected chi connectivity index (χ3v) is 8.76. The first-order chi connectivity index (χ1) is 16.3. The van der Waals surface area contributed by atoms with Gasteiger partial charge < -0.3 is 9.64 Å². The Balaban J connectivity index is 1.31. The molecule has 0 saturated heterocycles. The Bertz CT molecular complexity index is 1390. The summed E-state index contributed by atoms with van der Waals surface area (Å²) in [5, 5.41) is 0. The molecule has 2 heterocycles. The molecule has 2 aliphatic heterocycles. The molecule has 1 atom stereocenters. The lowest BCUT2D eigenvalue weighted by Gasteiger charge is -2.23. The minimum atomic E-state index is -3.68. The van der Waals surface area contributed by atoms with Crippen molar-refractivity contribution in [3.8, 4) is 5.75 Å². The molecule has 0 N–H and O–H groups in total. The van der Waals surface area contributed by atoms with Gasteiger partial charge in [-0.1, -0.05) is 34.1 Å². The summed E-state index contributed by atoms with van der Waals surface area (Å²) in [5.41, 5.74) is 4.47. The maximum atomic E-state index is 13.3. The number of anilines is 2. The van der Waals surface area contributed by atoms with Gasteiger partial charge in [0.25, 0.3) is 15.9 Å². The van der Waals surface area contributed by atoms with Crippen LogP contribution in [0, 0.1) is 6.92 Å². The van der Waals surface area contributed by atoms with Crippen LogP contribution in [0.4, 0.5) is 11.4 Å². The van der Waals surface area contributed by atoms with Crippen LogP contribution in [0.5, 0.6) is 5.75 Å². The zero-order valence-electron chi connectivity index (χ0n) is 19.0. The van der Waals surface area contributed by atoms with Gasteiger partial charge >= 0.3 is 0 Å². The SMILES string of the molecule is Cc1cc(S(=O)(=O)N2CCc3ccccc32)ccc1OCC(=O)N1c2ccc(Br)cc2C[C@H]1C. The van der Waals surface area contributed by atoms with Crippen LogP contribution in [0.3, 0.4) is 0 Å². The van der Waals surface area contributed by atoms with E-state index in [2.05, 4.69) is 15.9 Å². The molecule has 5 rings (SSSR count). The van der Waals surface area contributed by atoms with Crippen molar-refractivity contribution in [2.45, 2.75) is 37.6 Å². The van der Waals surface area contributed by atoms with Crippen molar-refractivity contribution in [3.05, 3.63) is 81.8 Å². The van der Waals surface area contributed by atoms with Gasteiger partial charge in [-0.25, -0.2) is 8.42 Å². The number of carbonyl (C=O) groups is 1. The molecule has 0 fully saturated rings. The van der Waals surface area contributed by atoms with Gasteiger partial charge in [0.2, 0.25) is 0 Å². The average molecular weight is 541 g/mol. The second-order valence-corrected chi connectivity index (χ2v) is 11.5. The summed E-state index contributed by atoms with van der Waals surface area (Å²) in [4.78, 5) is 15.0. The molecule has 2 aliphatic rings. The first-order valence-corrected chi connectivity index (χ1v) is 13.4. The maximum Gasteiger partial charge on any atom is 0.265 e. The molecule has 6 nitrogen and oxygen atoms in total. The standard InChI is InChI=1S/C26H25BrN2O4S/c1-17-13-22(34(31,32)28-12-11-19-5-3-4-6-23(19)28)8-10-25(17)33-16-26(30)29-18(2)14-20-15-21(27)7-9-24(20)29/h3-10,13,15,18H,11-12,14,16H2,1-2H3/t18-/m1/s1. The first-order valence-electron chi connectivity index (χ1n) is 11.2. The first kappa shape index (κ1) is 22.9. The van der Waals surface area contributed by atoms with Crippen LogP contribution in [0.2, 0.25) is 0 Å². The van der Waals surface area contributed by atoms with E-state index in [1.165, 1.54) is 4.31 Å². The molecule has 176 valence electrons. The van der Waals surface area contributed by atoms with E-state index in [0.29, 0.717) is 24.3 Å². The number of hydrogen-bond donors (Lipinski definition) is 0. The monoisotopic (exact) mass is 540 g/mol. The Morgan fingerprint density at radius 1 is 1.06 bits per heavy atom. The summed E-state index contributed by atoms with van der Waals surface area (Å²) in [6.07, 6.45) is 1.50. The quantitative estimate of drug-likeness (QED) is 0.463. The number of benzene rings is 3. The molecule has 3 aromatic rings. The highest BCUT2D eigenvalue weighted by molar-refractivity contribution is 9.10. The molecule has 34 heavy (non-hydrogen) atoms. The molecular formula is C26H25BrN2O4S. The molecule has 0 saturated carbocycles. The minimum Gasteiger partial charge on any atom is -0.483 e. The molecule has 0 bridgehead atoms. The lowest BCUT2D eigenvalue weighted by atomic mass is 10.1. The summed E-state index contributed by atoms with van der Waals surface area (Å²) < 4.78 is 34.9. The Morgan fingerprint density at radius 2 is 1.85 bits per heavy atom. The molecule has 0 aliphatic carbocycles. The van der Waals surface area contributed by atoms with Crippen LogP contribution >= 0.6 is 15.9 Å². The highest BCUT2D eigenvalue weighted by atomic mass is 79.9. The fourth-order valence-electron chi connectivity index (χ4n) is 4.82. The number of aryl methyl sites for hydroxylation is 1. The lowest BCUT2D eigenvalue weighted by Crippen LogP contribution is -2.39. The second kappa shape index (κ2) is 8.74. The molecular weight excluding hydrogens is 516 g/mol. The largest absolute Gasteiger partial charge is 0.483 e. The number of amides is 1. The summed E-state index contributed by atoms with van der Waals surface area (Å²) in [6.45, 7) is 4.13. The molecule has 8 heteroatoms. The lowest BCUT2D eigenvalue weighted by molar-refractivity contribution is -0.120. The number of halogens is 1. The molecule has 3 aromatic carbocycles. The highest BCUT2D eigenvalue weighted by Gasteiger charge is 2.32. The molecule has 0 radical (unpaired) electrons. The van der Waals surface area contributed by atoms with Crippen LogP contribution in [-0.2, 0) is 27.7 Å². The molecule has 0 spiro atoms. The van der Waals surface area contributed by atoms with Crippen molar-refractivity contribution in [2.24, 2.45) is 0 Å². The van der Waals surface area contributed by atoms with Crippen molar-refractivity contribution >= 4 is 43.2 Å². The molecule has 0 unspecified atom stereocenters. The van der Waals surface area contributed by atoms with Gasteiger partial charge in [-0.15, -0.1) is 0 Å². The van der Waals surface area contributed by atoms with Crippen molar-refractivity contribution in [1.82, 2.24) is 0 Å². The number of nitrogens with zero attached hydrogens (tertiary/aromatic N) is 2. The summed E-state index contributed by atoms with van der Waals surface area (Å²) in [5.74, 6) is 0.371. The topological polar surface area (TPSA) is 66.9 Å². The summed E-state index contributed by atoms with van der Waals surface area (Å²) in [7, 11) is -3.68. The third kappa shape index (κ3) is 3.99. The van der Waals surface area contributed by atoms with Gasteiger partial charge in [-0.2, -0.15) is 0 Å². The number of para-hydroxylation sites is 1. The van der Waals surface area contributed by atoms with E-state index >= 15 is 0 Å². The van der Waals surface area contributed by atoms with Crippen molar-refractivity contribution in [1.29, 1.82) is 0 Å². The predicted molar refractivity (Wildman–Crippen MR) is 136 cm³/mol. The van der Waals surface area contributed by atoms with E-state index < -0.39 is 10.0 Å². The number of ether oxygens (including phenoxy) is 1. The number of fused-ring (bicyclic) bond motifs is 2. The van der Waals surface area contributed by atoms with Crippen molar-refractivity contribution in [2.75, 3.05) is 22.4 Å². The Morgan fingerprint density at radius 3 is 2.65 bits per heavy atom. The smallest absolute Gasteiger partial charge is 0.265 e. The fraction of sp³-hybridized carbons (Fsp3) is 0.269. The van der Waals surface area contributed by atoms with E-state index in [4.69, 9.17) is 4.74 Å². The fourth-order valence-corrected chi connectivity index (χ4v) is 6.82. The van der Waals surface area contributed by atoms with Gasteiger partial charge in [0.05, 0.1) is 10.6 Å². The second-order valence-electron chi connectivity index (χ2n) is 8.76. The Kier molecular flexibility index (Phi) is 5.90. The highest BCUT2D eigenvalue weighted by Crippen LogP contribution is 2.35. The van der Waals surface area contributed by atoms with E-state index in [1.54, 1.807) is 30.0 Å². The van der Waals surface area contributed by atoms with Crippen molar-refractivity contribution < 1.29 is 17.9 Å². The van der Waals surface area contributed by atoms with Crippen LogP contribution in [0.15, 0.2) is 70.0 Å². The number of carbonyl (C=O) groups excluding carboxylic acids is 1. The average Bonchev–Trinajstić information content (AvgIpc) is 3.38. The van der Waals surface area contributed by atoms with Crippen LogP contribution in [0.1, 0.15) is 23.6 Å². The van der Waals surface area contributed by atoms with E-state index in [9.17, 15) is 13.2 Å². The van der Waals surface area contributed by atoms with Gasteiger partial charge in [-0.05, 0) is 85.8 Å². The summed E-state index contributed by atoms with van der Waals surface area (Å²) in [6, 6.07) is 18.3. The normalized spacial score (nSPS) is 17.0. The number of rotatable bonds is 5.